The molecule has 25 heavy (non-hydrogen) atoms. The monoisotopic (exact) mass is 350 g/mol. The second-order valence-electron chi connectivity index (χ2n) is 6.11. The fourth-order valence-electron chi connectivity index (χ4n) is 3.13. The van der Waals surface area contributed by atoms with E-state index in [9.17, 15) is 17.6 Å². The molecule has 5 heteroatoms. The van der Waals surface area contributed by atoms with E-state index in [1.165, 1.54) is 11.6 Å². The lowest BCUT2D eigenvalue weighted by molar-refractivity contribution is -0.275. The van der Waals surface area contributed by atoms with Gasteiger partial charge in [-0.3, -0.25) is 0 Å². The zero-order valence-corrected chi connectivity index (χ0v) is 13.8. The van der Waals surface area contributed by atoms with Gasteiger partial charge in [0.05, 0.1) is 0 Å². The minimum atomic E-state index is -4.90. The summed E-state index contributed by atoms with van der Waals surface area (Å²) in [6, 6.07) is 10.8. The first-order valence-electron chi connectivity index (χ1n) is 8.24. The van der Waals surface area contributed by atoms with Crippen molar-refractivity contribution in [3.63, 3.8) is 0 Å². The van der Waals surface area contributed by atoms with E-state index in [-0.39, 0.29) is 5.56 Å². The predicted octanol–water partition coefficient (Wildman–Crippen LogP) is 6.16. The number of fused-ring (bicyclic) bond motifs is 1. The number of hydrogen-bond acceptors (Lipinski definition) is 1. The van der Waals surface area contributed by atoms with Gasteiger partial charge in [0.1, 0.15) is 0 Å². The van der Waals surface area contributed by atoms with E-state index in [1.807, 2.05) is 18.2 Å². The van der Waals surface area contributed by atoms with Crippen LogP contribution >= 0.6 is 0 Å². The van der Waals surface area contributed by atoms with Crippen molar-refractivity contribution in [3.8, 4) is 5.75 Å². The first kappa shape index (κ1) is 17.5. The van der Waals surface area contributed by atoms with Crippen LogP contribution in [0.2, 0.25) is 0 Å². The van der Waals surface area contributed by atoms with E-state index < -0.39 is 17.9 Å². The van der Waals surface area contributed by atoms with Crippen molar-refractivity contribution >= 4 is 11.6 Å². The molecule has 0 radical (unpaired) electrons. The van der Waals surface area contributed by atoms with Crippen LogP contribution in [0.25, 0.3) is 11.6 Å². The molecule has 0 heterocycles. The van der Waals surface area contributed by atoms with Crippen molar-refractivity contribution in [2.45, 2.75) is 39.0 Å². The molecule has 2 aromatic carbocycles. The van der Waals surface area contributed by atoms with Gasteiger partial charge in [-0.05, 0) is 53.2 Å². The summed E-state index contributed by atoms with van der Waals surface area (Å²) >= 11 is 0. The molecule has 2 aromatic rings. The molecule has 132 valence electrons. The number of benzene rings is 2. The third kappa shape index (κ3) is 4.03. The van der Waals surface area contributed by atoms with Gasteiger partial charge in [-0.2, -0.15) is 0 Å². The van der Waals surface area contributed by atoms with Crippen molar-refractivity contribution < 1.29 is 22.3 Å². The molecule has 0 aliphatic heterocycles. The molecular weight excluding hydrogens is 332 g/mol. The summed E-state index contributed by atoms with van der Waals surface area (Å²) in [4.78, 5) is 0. The van der Waals surface area contributed by atoms with Crippen LogP contribution in [0.4, 0.5) is 17.6 Å². The smallest absolute Gasteiger partial charge is 0.403 e. The Hall–Kier alpha value is -2.30. The molecule has 0 amide bonds. The molecule has 0 bridgehead atoms. The summed E-state index contributed by atoms with van der Waals surface area (Å²) < 4.78 is 55.0. The Kier molecular flexibility index (Phi) is 4.84. The van der Waals surface area contributed by atoms with Crippen LogP contribution in [0.1, 0.15) is 42.0 Å². The van der Waals surface area contributed by atoms with Crippen molar-refractivity contribution in [2.75, 3.05) is 0 Å². The zero-order valence-electron chi connectivity index (χ0n) is 13.8. The first-order chi connectivity index (χ1) is 11.9. The normalized spacial score (nSPS) is 14.0. The van der Waals surface area contributed by atoms with E-state index in [0.717, 1.165) is 30.0 Å². The largest absolute Gasteiger partial charge is 0.573 e. The van der Waals surface area contributed by atoms with Crippen molar-refractivity contribution in [3.05, 3.63) is 64.5 Å². The van der Waals surface area contributed by atoms with Gasteiger partial charge >= 0.3 is 6.36 Å². The van der Waals surface area contributed by atoms with E-state index in [0.29, 0.717) is 18.4 Å². The van der Waals surface area contributed by atoms with Gasteiger partial charge in [-0.15, -0.1) is 13.2 Å². The summed E-state index contributed by atoms with van der Waals surface area (Å²) in [5.41, 5.74) is 4.25. The van der Waals surface area contributed by atoms with E-state index in [4.69, 9.17) is 0 Å². The quantitative estimate of drug-likeness (QED) is 0.600. The maximum absolute atomic E-state index is 14.3. The van der Waals surface area contributed by atoms with Gasteiger partial charge in [0, 0.05) is 0 Å². The minimum Gasteiger partial charge on any atom is -0.403 e. The van der Waals surface area contributed by atoms with Gasteiger partial charge in [0.2, 0.25) is 0 Å². The molecule has 1 aliphatic rings. The average molecular weight is 350 g/mol. The average Bonchev–Trinajstić information content (AvgIpc) is 2.57. The Morgan fingerprint density at radius 3 is 2.36 bits per heavy atom. The van der Waals surface area contributed by atoms with E-state index in [1.54, 1.807) is 0 Å². The van der Waals surface area contributed by atoms with Crippen molar-refractivity contribution in [1.29, 1.82) is 0 Å². The molecule has 0 saturated heterocycles. The van der Waals surface area contributed by atoms with Gasteiger partial charge in [0.15, 0.2) is 11.6 Å². The second kappa shape index (κ2) is 6.90. The minimum absolute atomic E-state index is 0.271. The number of alkyl halides is 3. The molecule has 1 aliphatic carbocycles. The standard InChI is InChI=1S/C20H18F4O/c1-2-3-13-4-6-14(7-5-13)15-8-10-17-16(12-15)9-11-18(19(17)21)25-20(22,23)24/h4-7,9,11-12H,2-3,8,10H2,1H3. The molecule has 0 N–H and O–H groups in total. The Morgan fingerprint density at radius 1 is 1.00 bits per heavy atom. The van der Waals surface area contributed by atoms with Crippen LogP contribution in [0.3, 0.4) is 0 Å². The maximum Gasteiger partial charge on any atom is 0.573 e. The molecule has 0 saturated carbocycles. The van der Waals surface area contributed by atoms with Gasteiger partial charge in [-0.1, -0.05) is 49.8 Å². The highest BCUT2D eigenvalue weighted by Crippen LogP contribution is 2.36. The highest BCUT2D eigenvalue weighted by atomic mass is 19.4. The Labute approximate surface area is 143 Å². The summed E-state index contributed by atoms with van der Waals surface area (Å²) in [5.74, 6) is -1.70. The number of ether oxygens (including phenoxy) is 1. The molecule has 1 nitrogen and oxygen atoms in total. The molecule has 3 rings (SSSR count). The van der Waals surface area contributed by atoms with Gasteiger partial charge in [-0.25, -0.2) is 4.39 Å². The van der Waals surface area contributed by atoms with Crippen LogP contribution in [0.5, 0.6) is 5.75 Å². The SMILES string of the molecule is CCCc1ccc(C2=Cc3ccc(OC(F)(F)F)c(F)c3CC2)cc1. The van der Waals surface area contributed by atoms with Crippen molar-refractivity contribution in [1.82, 2.24) is 0 Å². The topological polar surface area (TPSA) is 9.23 Å². The highest BCUT2D eigenvalue weighted by Gasteiger charge is 2.33. The predicted molar refractivity (Wildman–Crippen MR) is 89.7 cm³/mol. The van der Waals surface area contributed by atoms with Crippen LogP contribution in [-0.2, 0) is 12.8 Å². The molecular formula is C20H18F4O. The molecule has 0 spiro atoms. The Balaban J connectivity index is 1.88. The summed E-state index contributed by atoms with van der Waals surface area (Å²) in [5, 5.41) is 0. The number of rotatable bonds is 4. The number of halogens is 4. The van der Waals surface area contributed by atoms with Gasteiger partial charge in [0.25, 0.3) is 0 Å². The lowest BCUT2D eigenvalue weighted by Crippen LogP contribution is -2.18. The molecule has 0 fully saturated rings. The number of hydrogen-bond donors (Lipinski definition) is 0. The zero-order chi connectivity index (χ0) is 18.0. The molecule has 0 atom stereocenters. The number of allylic oxidation sites excluding steroid dienone is 1. The lowest BCUT2D eigenvalue weighted by atomic mass is 9.88. The maximum atomic E-state index is 14.3. The Bertz CT molecular complexity index is 789. The Morgan fingerprint density at radius 2 is 1.72 bits per heavy atom. The van der Waals surface area contributed by atoms with Gasteiger partial charge < -0.3 is 4.74 Å². The van der Waals surface area contributed by atoms with Crippen LogP contribution in [0, 0.1) is 5.82 Å². The second-order valence-corrected chi connectivity index (χ2v) is 6.11. The molecule has 0 unspecified atom stereocenters. The third-order valence-electron chi connectivity index (χ3n) is 4.31. The third-order valence-corrected chi connectivity index (χ3v) is 4.31. The van der Waals surface area contributed by atoms with E-state index >= 15 is 0 Å². The van der Waals surface area contributed by atoms with Crippen LogP contribution in [0.15, 0.2) is 36.4 Å². The lowest BCUT2D eigenvalue weighted by Gasteiger charge is -2.19. The summed E-state index contributed by atoms with van der Waals surface area (Å²) in [6.45, 7) is 2.12. The fourth-order valence-corrected chi connectivity index (χ4v) is 3.13. The van der Waals surface area contributed by atoms with E-state index in [2.05, 4.69) is 23.8 Å². The highest BCUT2D eigenvalue weighted by molar-refractivity contribution is 5.84. The summed E-state index contributed by atoms with van der Waals surface area (Å²) in [7, 11) is 0. The summed E-state index contributed by atoms with van der Waals surface area (Å²) in [6.07, 6.45) is -0.0310. The number of aryl methyl sites for hydroxylation is 1. The molecule has 0 aromatic heterocycles. The fraction of sp³-hybridized carbons (Fsp3) is 0.300. The van der Waals surface area contributed by atoms with Crippen molar-refractivity contribution in [2.24, 2.45) is 0 Å². The first-order valence-corrected chi connectivity index (χ1v) is 8.24. The van der Waals surface area contributed by atoms with Crippen LogP contribution < -0.4 is 4.74 Å². The van der Waals surface area contributed by atoms with Crippen LogP contribution in [-0.4, -0.2) is 6.36 Å².